The van der Waals surface area contributed by atoms with Gasteiger partial charge >= 0.3 is 0 Å². The highest BCUT2D eigenvalue weighted by Crippen LogP contribution is 2.15. The van der Waals surface area contributed by atoms with Crippen molar-refractivity contribution >= 4 is 5.69 Å². The molecule has 0 spiro atoms. The minimum absolute atomic E-state index is 0.0998. The van der Waals surface area contributed by atoms with Gasteiger partial charge in [0.1, 0.15) is 0 Å². The molecule has 0 aromatic carbocycles. The average Bonchev–Trinajstić information content (AvgIpc) is 2.93. The van der Waals surface area contributed by atoms with Crippen LogP contribution in [0.5, 0.6) is 0 Å². The first-order valence-electron chi connectivity index (χ1n) is 6.55. The van der Waals surface area contributed by atoms with Crippen LogP contribution >= 0.6 is 0 Å². The van der Waals surface area contributed by atoms with E-state index in [-0.39, 0.29) is 6.61 Å². The molecule has 0 saturated carbocycles. The monoisotopic (exact) mass is 263 g/mol. The Hall–Kier alpha value is -1.82. The zero-order valence-electron chi connectivity index (χ0n) is 11.7. The Balaban J connectivity index is 2.03. The third-order valence-corrected chi connectivity index (χ3v) is 3.26. The van der Waals surface area contributed by atoms with E-state index in [2.05, 4.69) is 29.4 Å². The summed E-state index contributed by atoms with van der Waals surface area (Å²) in [5.74, 6) is 0. The SMILES string of the molecule is CCn1nc(C)c(CNc2cnn(CCO)c2)c1C. The van der Waals surface area contributed by atoms with Gasteiger partial charge in [-0.05, 0) is 20.8 Å². The van der Waals surface area contributed by atoms with Crippen LogP contribution in [0.1, 0.15) is 23.9 Å². The first kappa shape index (κ1) is 13.6. The van der Waals surface area contributed by atoms with Crippen molar-refractivity contribution in [3.63, 3.8) is 0 Å². The molecule has 19 heavy (non-hydrogen) atoms. The Morgan fingerprint density at radius 1 is 1.37 bits per heavy atom. The summed E-state index contributed by atoms with van der Waals surface area (Å²) in [5, 5.41) is 20.8. The molecule has 0 fully saturated rings. The smallest absolute Gasteiger partial charge is 0.0729 e. The maximum atomic E-state index is 8.85. The standard InChI is InChI=1S/C13H21N5O/c1-4-18-11(3)13(10(2)16-18)8-14-12-7-15-17(9-12)5-6-19/h7,9,14,19H,4-6,8H2,1-3H3. The van der Waals surface area contributed by atoms with Crippen LogP contribution in [0.15, 0.2) is 12.4 Å². The lowest BCUT2D eigenvalue weighted by Gasteiger charge is -2.05. The van der Waals surface area contributed by atoms with Crippen LogP contribution in [0.25, 0.3) is 0 Å². The van der Waals surface area contributed by atoms with Crippen LogP contribution in [0.4, 0.5) is 5.69 Å². The third-order valence-electron chi connectivity index (χ3n) is 3.26. The average molecular weight is 263 g/mol. The predicted octanol–water partition coefficient (Wildman–Crippen LogP) is 1.32. The van der Waals surface area contributed by atoms with E-state index >= 15 is 0 Å². The van der Waals surface area contributed by atoms with Crippen molar-refractivity contribution in [3.8, 4) is 0 Å². The van der Waals surface area contributed by atoms with Gasteiger partial charge in [-0.15, -0.1) is 0 Å². The van der Waals surface area contributed by atoms with E-state index in [1.807, 2.05) is 17.8 Å². The number of aliphatic hydroxyl groups is 1. The highest BCUT2D eigenvalue weighted by molar-refractivity contribution is 5.40. The van der Waals surface area contributed by atoms with Gasteiger partial charge in [0.15, 0.2) is 0 Å². The Labute approximate surface area is 113 Å². The number of anilines is 1. The van der Waals surface area contributed by atoms with Crippen molar-refractivity contribution < 1.29 is 5.11 Å². The molecule has 0 aliphatic rings. The molecular weight excluding hydrogens is 242 g/mol. The molecule has 0 unspecified atom stereocenters. The van der Waals surface area contributed by atoms with Crippen LogP contribution in [-0.2, 0) is 19.6 Å². The first-order chi connectivity index (χ1) is 9.15. The predicted molar refractivity (Wildman–Crippen MR) is 74.0 cm³/mol. The largest absolute Gasteiger partial charge is 0.394 e. The second kappa shape index (κ2) is 5.88. The number of aromatic nitrogens is 4. The highest BCUT2D eigenvalue weighted by Gasteiger charge is 2.10. The number of hydrogen-bond acceptors (Lipinski definition) is 4. The number of aliphatic hydroxyl groups excluding tert-OH is 1. The van der Waals surface area contributed by atoms with Gasteiger partial charge in [0.2, 0.25) is 0 Å². The van der Waals surface area contributed by atoms with Gasteiger partial charge in [0.05, 0.1) is 30.7 Å². The Kier molecular flexibility index (Phi) is 4.21. The molecule has 104 valence electrons. The summed E-state index contributed by atoms with van der Waals surface area (Å²) in [6.07, 6.45) is 3.66. The van der Waals surface area contributed by atoms with Gasteiger partial charge in [-0.3, -0.25) is 9.36 Å². The van der Waals surface area contributed by atoms with Gasteiger partial charge in [0, 0.05) is 30.5 Å². The molecule has 2 heterocycles. The Morgan fingerprint density at radius 3 is 2.79 bits per heavy atom. The van der Waals surface area contributed by atoms with Crippen LogP contribution in [-0.4, -0.2) is 31.3 Å². The fraction of sp³-hybridized carbons (Fsp3) is 0.538. The lowest BCUT2D eigenvalue weighted by Crippen LogP contribution is -2.03. The van der Waals surface area contributed by atoms with Crippen molar-refractivity contribution in [2.24, 2.45) is 0 Å². The van der Waals surface area contributed by atoms with Gasteiger partial charge in [-0.25, -0.2) is 0 Å². The Bertz CT molecular complexity index is 543. The third kappa shape index (κ3) is 2.96. The van der Waals surface area contributed by atoms with Crippen molar-refractivity contribution in [1.82, 2.24) is 19.6 Å². The molecule has 6 heteroatoms. The number of aryl methyl sites for hydroxylation is 2. The normalized spacial score (nSPS) is 10.9. The fourth-order valence-corrected chi connectivity index (χ4v) is 2.17. The summed E-state index contributed by atoms with van der Waals surface area (Å²) < 4.78 is 3.74. The van der Waals surface area contributed by atoms with Crippen LogP contribution < -0.4 is 5.32 Å². The molecular formula is C13H21N5O. The van der Waals surface area contributed by atoms with E-state index in [4.69, 9.17) is 5.11 Å². The van der Waals surface area contributed by atoms with Crippen LogP contribution in [0.3, 0.4) is 0 Å². The van der Waals surface area contributed by atoms with Gasteiger partial charge in [0.25, 0.3) is 0 Å². The van der Waals surface area contributed by atoms with Gasteiger partial charge in [-0.1, -0.05) is 0 Å². The molecule has 0 amide bonds. The van der Waals surface area contributed by atoms with E-state index in [0.717, 1.165) is 24.5 Å². The molecule has 0 aliphatic heterocycles. The van der Waals surface area contributed by atoms with Crippen LogP contribution in [0, 0.1) is 13.8 Å². The minimum Gasteiger partial charge on any atom is -0.394 e. The molecule has 0 bridgehead atoms. The number of nitrogens with one attached hydrogen (secondary N) is 1. The molecule has 6 nitrogen and oxygen atoms in total. The molecule has 2 rings (SSSR count). The van der Waals surface area contributed by atoms with E-state index in [9.17, 15) is 0 Å². The fourth-order valence-electron chi connectivity index (χ4n) is 2.17. The van der Waals surface area contributed by atoms with Gasteiger partial charge < -0.3 is 10.4 Å². The van der Waals surface area contributed by atoms with Crippen molar-refractivity contribution in [3.05, 3.63) is 29.3 Å². The van der Waals surface area contributed by atoms with E-state index in [1.165, 1.54) is 11.3 Å². The molecule has 0 aliphatic carbocycles. The highest BCUT2D eigenvalue weighted by atomic mass is 16.3. The van der Waals surface area contributed by atoms with E-state index < -0.39 is 0 Å². The molecule has 2 N–H and O–H groups in total. The summed E-state index contributed by atoms with van der Waals surface area (Å²) in [4.78, 5) is 0. The van der Waals surface area contributed by atoms with Crippen molar-refractivity contribution in [2.45, 2.75) is 40.4 Å². The minimum atomic E-state index is 0.0998. The zero-order chi connectivity index (χ0) is 13.8. The zero-order valence-corrected chi connectivity index (χ0v) is 11.7. The number of rotatable bonds is 6. The van der Waals surface area contributed by atoms with E-state index in [1.54, 1.807) is 10.9 Å². The summed E-state index contributed by atoms with van der Waals surface area (Å²) in [5.41, 5.74) is 4.46. The maximum Gasteiger partial charge on any atom is 0.0729 e. The molecule has 2 aromatic heterocycles. The summed E-state index contributed by atoms with van der Waals surface area (Å²) in [7, 11) is 0. The quantitative estimate of drug-likeness (QED) is 0.825. The number of nitrogens with zero attached hydrogens (tertiary/aromatic N) is 4. The first-order valence-corrected chi connectivity index (χ1v) is 6.55. The molecule has 2 aromatic rings. The van der Waals surface area contributed by atoms with Crippen molar-refractivity contribution in [2.75, 3.05) is 11.9 Å². The summed E-state index contributed by atoms with van der Waals surface area (Å²) in [6.45, 7) is 8.47. The summed E-state index contributed by atoms with van der Waals surface area (Å²) >= 11 is 0. The second-order valence-corrected chi connectivity index (χ2v) is 4.53. The van der Waals surface area contributed by atoms with Crippen molar-refractivity contribution in [1.29, 1.82) is 0 Å². The lowest BCUT2D eigenvalue weighted by molar-refractivity contribution is 0.269. The molecule has 0 radical (unpaired) electrons. The topological polar surface area (TPSA) is 67.9 Å². The number of hydrogen-bond donors (Lipinski definition) is 2. The summed E-state index contributed by atoms with van der Waals surface area (Å²) in [6, 6.07) is 0. The van der Waals surface area contributed by atoms with Crippen LogP contribution in [0.2, 0.25) is 0 Å². The Morgan fingerprint density at radius 2 is 2.16 bits per heavy atom. The van der Waals surface area contributed by atoms with Gasteiger partial charge in [-0.2, -0.15) is 10.2 Å². The molecule has 0 saturated heterocycles. The molecule has 0 atom stereocenters. The lowest BCUT2D eigenvalue weighted by atomic mass is 10.2. The maximum absolute atomic E-state index is 8.85. The van der Waals surface area contributed by atoms with E-state index in [0.29, 0.717) is 6.54 Å². The second-order valence-electron chi connectivity index (χ2n) is 4.53.